The van der Waals surface area contributed by atoms with Gasteiger partial charge in [0.05, 0.1) is 10.6 Å². The van der Waals surface area contributed by atoms with E-state index in [0.717, 1.165) is 17.7 Å². The first kappa shape index (κ1) is 19.7. The van der Waals surface area contributed by atoms with Gasteiger partial charge in [-0.05, 0) is 30.9 Å². The molecule has 7 heteroatoms. The second-order valence-electron chi connectivity index (χ2n) is 6.99. The Labute approximate surface area is 167 Å². The van der Waals surface area contributed by atoms with E-state index in [2.05, 4.69) is 36.3 Å². The summed E-state index contributed by atoms with van der Waals surface area (Å²) in [5.41, 5.74) is 3.58. The number of nitro benzene ring substituents is 1. The quantitative estimate of drug-likeness (QED) is 0.442. The molecule has 6 nitrogen and oxygen atoms in total. The predicted molar refractivity (Wildman–Crippen MR) is 112 cm³/mol. The second kappa shape index (κ2) is 8.31. The second-order valence-corrected chi connectivity index (χ2v) is 7.85. The van der Waals surface area contributed by atoms with Crippen LogP contribution in [0.4, 0.5) is 10.8 Å². The molecule has 0 saturated heterocycles. The lowest BCUT2D eigenvalue weighted by molar-refractivity contribution is -0.385. The highest BCUT2D eigenvalue weighted by Gasteiger charge is 2.19. The number of nitro groups is 1. The van der Waals surface area contributed by atoms with E-state index in [-0.39, 0.29) is 11.3 Å². The number of amides is 1. The third kappa shape index (κ3) is 4.43. The van der Waals surface area contributed by atoms with Gasteiger partial charge in [0.1, 0.15) is 0 Å². The van der Waals surface area contributed by atoms with Crippen LogP contribution >= 0.6 is 11.3 Å². The average Bonchev–Trinajstić information content (AvgIpc) is 3.10. The van der Waals surface area contributed by atoms with Gasteiger partial charge in [0.15, 0.2) is 5.13 Å². The van der Waals surface area contributed by atoms with E-state index in [9.17, 15) is 14.9 Å². The Bertz CT molecular complexity index is 1010. The molecule has 0 aliphatic heterocycles. The van der Waals surface area contributed by atoms with Crippen molar-refractivity contribution in [1.29, 1.82) is 0 Å². The van der Waals surface area contributed by atoms with Crippen molar-refractivity contribution in [2.75, 3.05) is 5.32 Å². The van der Waals surface area contributed by atoms with E-state index >= 15 is 0 Å². The Morgan fingerprint density at radius 3 is 2.57 bits per heavy atom. The monoisotopic (exact) mass is 395 g/mol. The first-order valence-corrected chi connectivity index (χ1v) is 9.83. The highest BCUT2D eigenvalue weighted by Crippen LogP contribution is 2.27. The lowest BCUT2D eigenvalue weighted by Gasteiger charge is -2.06. The number of thiazole rings is 1. The van der Waals surface area contributed by atoms with Crippen LogP contribution in [0.25, 0.3) is 11.3 Å². The molecule has 3 rings (SSSR count). The van der Waals surface area contributed by atoms with Crippen LogP contribution in [-0.2, 0) is 6.42 Å². The van der Waals surface area contributed by atoms with Crippen LogP contribution in [-0.4, -0.2) is 15.8 Å². The van der Waals surface area contributed by atoms with Crippen molar-refractivity contribution in [1.82, 2.24) is 4.98 Å². The van der Waals surface area contributed by atoms with Crippen molar-refractivity contribution in [2.24, 2.45) is 5.92 Å². The Hall–Kier alpha value is -3.06. The van der Waals surface area contributed by atoms with Crippen molar-refractivity contribution in [2.45, 2.75) is 27.2 Å². The SMILES string of the molecule is Cc1c(C(=O)Nc2nc(-c3ccc(CC(C)C)cc3)cs2)cccc1[N+](=O)[O-]. The molecule has 0 radical (unpaired) electrons. The van der Waals surface area contributed by atoms with Crippen molar-refractivity contribution in [3.05, 3.63) is 74.6 Å². The summed E-state index contributed by atoms with van der Waals surface area (Å²) >= 11 is 1.32. The number of carbonyl (C=O) groups is 1. The molecule has 0 aliphatic rings. The van der Waals surface area contributed by atoms with E-state index in [1.165, 1.54) is 29.0 Å². The number of hydrogen-bond acceptors (Lipinski definition) is 5. The number of rotatable bonds is 6. The molecule has 1 heterocycles. The highest BCUT2D eigenvalue weighted by molar-refractivity contribution is 7.14. The van der Waals surface area contributed by atoms with E-state index in [1.54, 1.807) is 13.0 Å². The number of benzene rings is 2. The van der Waals surface area contributed by atoms with Gasteiger partial charge in [-0.25, -0.2) is 4.98 Å². The molecule has 28 heavy (non-hydrogen) atoms. The molecule has 0 saturated carbocycles. The van der Waals surface area contributed by atoms with Gasteiger partial charge in [-0.15, -0.1) is 11.3 Å². The maximum Gasteiger partial charge on any atom is 0.273 e. The molecule has 3 aromatic rings. The molecule has 2 aromatic carbocycles. The summed E-state index contributed by atoms with van der Waals surface area (Å²) in [5.74, 6) is 0.193. The molecular formula is C21H21N3O3S. The summed E-state index contributed by atoms with van der Waals surface area (Å²) in [5, 5.41) is 16.1. The van der Waals surface area contributed by atoms with Gasteiger partial charge in [-0.2, -0.15) is 0 Å². The first-order chi connectivity index (χ1) is 13.3. The molecule has 0 bridgehead atoms. The lowest BCUT2D eigenvalue weighted by atomic mass is 10.0. The van der Waals surface area contributed by atoms with Crippen LogP contribution in [0.2, 0.25) is 0 Å². The lowest BCUT2D eigenvalue weighted by Crippen LogP contribution is -2.14. The minimum absolute atomic E-state index is 0.0750. The zero-order valence-electron chi connectivity index (χ0n) is 15.9. The number of nitrogens with one attached hydrogen (secondary N) is 1. The van der Waals surface area contributed by atoms with Crippen LogP contribution in [0.5, 0.6) is 0 Å². The molecule has 1 amide bonds. The maximum absolute atomic E-state index is 12.5. The summed E-state index contributed by atoms with van der Waals surface area (Å²) < 4.78 is 0. The highest BCUT2D eigenvalue weighted by atomic mass is 32.1. The van der Waals surface area contributed by atoms with Gasteiger partial charge in [-0.1, -0.05) is 44.2 Å². The van der Waals surface area contributed by atoms with E-state index < -0.39 is 10.8 Å². The van der Waals surface area contributed by atoms with Gasteiger partial charge >= 0.3 is 0 Å². The summed E-state index contributed by atoms with van der Waals surface area (Å²) in [6.07, 6.45) is 1.03. The molecule has 1 N–H and O–H groups in total. The Balaban J connectivity index is 1.75. The standard InChI is InChI=1S/C21H21N3O3S/c1-13(2)11-15-7-9-16(10-8-15)18-12-28-21(22-18)23-20(25)17-5-4-6-19(14(17)3)24(26)27/h4-10,12-13H,11H2,1-3H3,(H,22,23,25). The largest absolute Gasteiger partial charge is 0.298 e. The summed E-state index contributed by atoms with van der Waals surface area (Å²) in [6, 6.07) is 12.7. The zero-order valence-corrected chi connectivity index (χ0v) is 16.7. The van der Waals surface area contributed by atoms with Crippen LogP contribution in [0.1, 0.15) is 35.3 Å². The Kier molecular flexibility index (Phi) is 5.84. The number of carbonyl (C=O) groups excluding carboxylic acids is 1. The minimum Gasteiger partial charge on any atom is -0.298 e. The molecule has 0 atom stereocenters. The number of anilines is 1. The fourth-order valence-corrected chi connectivity index (χ4v) is 3.69. The van der Waals surface area contributed by atoms with Gasteiger partial charge in [0, 0.05) is 28.1 Å². The number of aromatic nitrogens is 1. The van der Waals surface area contributed by atoms with Gasteiger partial charge in [0.2, 0.25) is 0 Å². The van der Waals surface area contributed by atoms with E-state index in [4.69, 9.17) is 0 Å². The van der Waals surface area contributed by atoms with Crippen molar-refractivity contribution in [3.63, 3.8) is 0 Å². The van der Waals surface area contributed by atoms with Crippen LogP contribution in [0.15, 0.2) is 47.8 Å². The normalized spacial score (nSPS) is 10.9. The molecule has 144 valence electrons. The molecule has 0 unspecified atom stereocenters. The average molecular weight is 395 g/mol. The first-order valence-electron chi connectivity index (χ1n) is 8.95. The summed E-state index contributed by atoms with van der Waals surface area (Å²) in [7, 11) is 0. The molecular weight excluding hydrogens is 374 g/mol. The van der Waals surface area contributed by atoms with Crippen molar-refractivity contribution >= 4 is 28.1 Å². The molecule has 0 aliphatic carbocycles. The number of nitrogens with zero attached hydrogens (tertiary/aromatic N) is 2. The zero-order chi connectivity index (χ0) is 20.3. The minimum atomic E-state index is -0.490. The number of hydrogen-bond donors (Lipinski definition) is 1. The fourth-order valence-electron chi connectivity index (χ4n) is 2.98. The third-order valence-corrected chi connectivity index (χ3v) is 5.12. The van der Waals surface area contributed by atoms with Crippen LogP contribution in [0.3, 0.4) is 0 Å². The van der Waals surface area contributed by atoms with Crippen LogP contribution in [0, 0.1) is 23.0 Å². The summed E-state index contributed by atoms with van der Waals surface area (Å²) in [6.45, 7) is 5.94. The maximum atomic E-state index is 12.5. The van der Waals surface area contributed by atoms with Gasteiger partial charge in [-0.3, -0.25) is 20.2 Å². The smallest absolute Gasteiger partial charge is 0.273 e. The topological polar surface area (TPSA) is 85.1 Å². The van der Waals surface area contributed by atoms with Crippen molar-refractivity contribution in [3.8, 4) is 11.3 Å². The molecule has 0 spiro atoms. The van der Waals surface area contributed by atoms with Crippen LogP contribution < -0.4 is 5.32 Å². The Morgan fingerprint density at radius 1 is 1.21 bits per heavy atom. The Morgan fingerprint density at radius 2 is 1.93 bits per heavy atom. The van der Waals surface area contributed by atoms with Gasteiger partial charge in [0.25, 0.3) is 11.6 Å². The summed E-state index contributed by atoms with van der Waals surface area (Å²) in [4.78, 5) is 27.6. The molecule has 1 aromatic heterocycles. The van der Waals surface area contributed by atoms with Gasteiger partial charge < -0.3 is 0 Å². The van der Waals surface area contributed by atoms with Crippen molar-refractivity contribution < 1.29 is 9.72 Å². The third-order valence-electron chi connectivity index (χ3n) is 4.36. The van der Waals surface area contributed by atoms with E-state index in [1.807, 2.05) is 17.5 Å². The van der Waals surface area contributed by atoms with E-state index in [0.29, 0.717) is 16.6 Å². The molecule has 0 fully saturated rings. The fraction of sp³-hybridized carbons (Fsp3) is 0.238. The predicted octanol–water partition coefficient (Wildman–Crippen LogP) is 5.48.